The van der Waals surface area contributed by atoms with Gasteiger partial charge in [-0.25, -0.2) is 22.5 Å². The molecule has 1 saturated carbocycles. The van der Waals surface area contributed by atoms with Crippen LogP contribution in [0.1, 0.15) is 43.6 Å². The molecule has 4 rings (SSSR count). The third kappa shape index (κ3) is 5.33. The van der Waals surface area contributed by atoms with Crippen molar-refractivity contribution in [3.63, 3.8) is 0 Å². The van der Waals surface area contributed by atoms with Crippen molar-refractivity contribution in [3.05, 3.63) is 17.8 Å². The van der Waals surface area contributed by atoms with Crippen molar-refractivity contribution < 1.29 is 31.9 Å². The van der Waals surface area contributed by atoms with Gasteiger partial charge in [0.25, 0.3) is 17.8 Å². The highest BCUT2D eigenvalue weighted by molar-refractivity contribution is 5.98. The van der Waals surface area contributed by atoms with Gasteiger partial charge in [0.05, 0.1) is 44.4 Å². The number of pyridine rings is 1. The second kappa shape index (κ2) is 8.64. The summed E-state index contributed by atoms with van der Waals surface area (Å²) in [6.45, 7) is 1.51. The maximum Gasteiger partial charge on any atom is 0.282 e. The number of anilines is 1. The third-order valence-corrected chi connectivity index (χ3v) is 6.32. The molecule has 3 aliphatic rings. The first-order valence-corrected chi connectivity index (χ1v) is 11.2. The third-order valence-electron chi connectivity index (χ3n) is 6.32. The molecular weight excluding hydrogens is 444 g/mol. The molecule has 3 heterocycles. The van der Waals surface area contributed by atoms with E-state index in [1.54, 1.807) is 19.9 Å². The summed E-state index contributed by atoms with van der Waals surface area (Å²) in [5.74, 6) is -6.85. The Kier molecular flexibility index (Phi) is 6.17. The van der Waals surface area contributed by atoms with Crippen LogP contribution in [0.5, 0.6) is 5.88 Å². The summed E-state index contributed by atoms with van der Waals surface area (Å²) in [6, 6.07) is 2.46. The minimum absolute atomic E-state index is 0.0626. The lowest BCUT2D eigenvalue weighted by molar-refractivity contribution is -0.169. The zero-order chi connectivity index (χ0) is 24.0. The minimum Gasteiger partial charge on any atom is -0.477 e. The number of likely N-dealkylation sites (tertiary alicyclic amines) is 1. The quantitative estimate of drug-likeness (QED) is 0.560. The Morgan fingerprint density at radius 3 is 2.33 bits per heavy atom. The van der Waals surface area contributed by atoms with Crippen molar-refractivity contribution in [2.75, 3.05) is 37.7 Å². The van der Waals surface area contributed by atoms with E-state index in [0.717, 1.165) is 17.7 Å². The van der Waals surface area contributed by atoms with Crippen LogP contribution in [0.2, 0.25) is 0 Å². The highest BCUT2D eigenvalue weighted by Crippen LogP contribution is 2.35. The van der Waals surface area contributed by atoms with Crippen LogP contribution in [0.15, 0.2) is 12.1 Å². The average molecular weight is 472 g/mol. The lowest BCUT2D eigenvalue weighted by Crippen LogP contribution is -2.61. The summed E-state index contributed by atoms with van der Waals surface area (Å²) in [5.41, 5.74) is 0.195. The molecule has 0 bridgehead atoms. The first-order valence-electron chi connectivity index (χ1n) is 11.2. The van der Waals surface area contributed by atoms with E-state index in [1.165, 1.54) is 11.0 Å². The van der Waals surface area contributed by atoms with Crippen molar-refractivity contribution in [2.24, 2.45) is 11.8 Å². The van der Waals surface area contributed by atoms with E-state index < -0.39 is 61.8 Å². The monoisotopic (exact) mass is 472 g/mol. The zero-order valence-corrected chi connectivity index (χ0v) is 18.6. The van der Waals surface area contributed by atoms with Crippen LogP contribution in [-0.2, 0) is 4.79 Å². The van der Waals surface area contributed by atoms with Gasteiger partial charge < -0.3 is 19.9 Å². The van der Waals surface area contributed by atoms with Gasteiger partial charge in [-0.05, 0) is 31.2 Å². The van der Waals surface area contributed by atoms with Gasteiger partial charge in [-0.2, -0.15) is 0 Å². The molecule has 0 aromatic carbocycles. The van der Waals surface area contributed by atoms with Crippen LogP contribution in [0.3, 0.4) is 0 Å². The molecule has 0 radical (unpaired) electrons. The maximum atomic E-state index is 13.4. The largest absolute Gasteiger partial charge is 0.477 e. The lowest BCUT2D eigenvalue weighted by Gasteiger charge is -2.41. The number of halogens is 4. The molecule has 0 spiro atoms. The van der Waals surface area contributed by atoms with Gasteiger partial charge in [0, 0.05) is 12.1 Å². The van der Waals surface area contributed by atoms with Gasteiger partial charge in [-0.3, -0.25) is 9.59 Å². The number of carbonyl (C=O) groups is 2. The second-order valence-electron chi connectivity index (χ2n) is 9.31. The van der Waals surface area contributed by atoms with Gasteiger partial charge in [0.15, 0.2) is 5.69 Å². The zero-order valence-electron chi connectivity index (χ0n) is 18.6. The fourth-order valence-corrected chi connectivity index (χ4v) is 4.05. The summed E-state index contributed by atoms with van der Waals surface area (Å²) in [5, 5.41) is 2.75. The number of rotatable bonds is 9. The Labute approximate surface area is 189 Å². The summed E-state index contributed by atoms with van der Waals surface area (Å²) in [4.78, 5) is 32.4. The second-order valence-corrected chi connectivity index (χ2v) is 9.31. The molecule has 1 aromatic rings. The molecule has 2 unspecified atom stereocenters. The van der Waals surface area contributed by atoms with Crippen LogP contribution >= 0.6 is 0 Å². The molecule has 1 N–H and O–H groups in total. The lowest BCUT2D eigenvalue weighted by atomic mass is 9.95. The molecule has 182 valence electrons. The van der Waals surface area contributed by atoms with Crippen LogP contribution in [-0.4, -0.2) is 72.4 Å². The minimum atomic E-state index is -2.88. The average Bonchev–Trinajstić information content (AvgIpc) is 3.55. The molecule has 2 atom stereocenters. The van der Waals surface area contributed by atoms with E-state index in [0.29, 0.717) is 18.9 Å². The van der Waals surface area contributed by atoms with Gasteiger partial charge in [-0.15, -0.1) is 0 Å². The first-order chi connectivity index (χ1) is 15.5. The van der Waals surface area contributed by atoms with Crippen molar-refractivity contribution >= 4 is 17.5 Å². The van der Waals surface area contributed by atoms with Crippen molar-refractivity contribution in [1.82, 2.24) is 15.2 Å². The smallest absolute Gasteiger partial charge is 0.282 e. The molecule has 11 heteroatoms. The first kappa shape index (κ1) is 23.6. The number of aromatic nitrogens is 1. The Balaban J connectivity index is 1.48. The van der Waals surface area contributed by atoms with E-state index in [9.17, 15) is 27.2 Å². The highest BCUT2D eigenvalue weighted by Gasteiger charge is 2.48. The number of nitrogens with zero attached hydrogens (tertiary/aromatic N) is 3. The fraction of sp³-hybridized carbons (Fsp3) is 0.682. The number of amides is 2. The standard InChI is InChI=1S/C22H28F4N4O3/c1-3-15(13(2)20(32)30-11-22(25,26)12-30)27-19(31)18-16(29-9-21(23,24)10-29)6-7-17(28-18)33-8-14-4-5-14/h6-7,13-15H,3-5,8-12H2,1-2H3,(H,27,31). The fourth-order valence-electron chi connectivity index (χ4n) is 4.05. The van der Waals surface area contributed by atoms with E-state index in [-0.39, 0.29) is 17.3 Å². The van der Waals surface area contributed by atoms with Gasteiger partial charge in [0.1, 0.15) is 0 Å². The molecule has 2 aliphatic heterocycles. The molecule has 33 heavy (non-hydrogen) atoms. The van der Waals surface area contributed by atoms with Crippen LogP contribution in [0.4, 0.5) is 23.2 Å². The Bertz CT molecular complexity index is 909. The SMILES string of the molecule is CCC(NC(=O)c1nc(OCC2CC2)ccc1N1CC(F)(F)C1)C(C)C(=O)N1CC(F)(F)C1. The number of ether oxygens (including phenoxy) is 1. The molecule has 7 nitrogen and oxygen atoms in total. The van der Waals surface area contributed by atoms with E-state index in [4.69, 9.17) is 4.74 Å². The van der Waals surface area contributed by atoms with Crippen LogP contribution in [0, 0.1) is 11.8 Å². The Hall–Kier alpha value is -2.59. The maximum absolute atomic E-state index is 13.4. The summed E-state index contributed by atoms with van der Waals surface area (Å²) < 4.78 is 58.9. The molecule has 1 aliphatic carbocycles. The molecular formula is C22H28F4N4O3. The van der Waals surface area contributed by atoms with E-state index >= 15 is 0 Å². The molecule has 3 fully saturated rings. The molecule has 1 aromatic heterocycles. The van der Waals surface area contributed by atoms with Crippen LogP contribution < -0.4 is 15.0 Å². The number of hydrogen-bond acceptors (Lipinski definition) is 5. The van der Waals surface area contributed by atoms with Crippen molar-refractivity contribution in [2.45, 2.75) is 51.0 Å². The summed E-state index contributed by atoms with van der Waals surface area (Å²) in [7, 11) is 0. The topological polar surface area (TPSA) is 74.8 Å². The summed E-state index contributed by atoms with van der Waals surface area (Å²) in [6.07, 6.45) is 2.51. The van der Waals surface area contributed by atoms with Crippen LogP contribution in [0.25, 0.3) is 0 Å². The number of nitrogens with one attached hydrogen (secondary N) is 1. The number of carbonyl (C=O) groups excluding carboxylic acids is 2. The Morgan fingerprint density at radius 1 is 1.15 bits per heavy atom. The normalized spacial score (nSPS) is 22.6. The van der Waals surface area contributed by atoms with E-state index in [2.05, 4.69) is 10.3 Å². The highest BCUT2D eigenvalue weighted by atomic mass is 19.3. The van der Waals surface area contributed by atoms with Crippen molar-refractivity contribution in [3.8, 4) is 5.88 Å². The Morgan fingerprint density at radius 2 is 1.79 bits per heavy atom. The predicted molar refractivity (Wildman–Crippen MR) is 112 cm³/mol. The van der Waals surface area contributed by atoms with Gasteiger partial charge >= 0.3 is 0 Å². The number of alkyl halides is 4. The molecule has 2 saturated heterocycles. The number of hydrogen-bond donors (Lipinski definition) is 1. The van der Waals surface area contributed by atoms with Gasteiger partial charge in [-0.1, -0.05) is 13.8 Å². The van der Waals surface area contributed by atoms with Gasteiger partial charge in [0.2, 0.25) is 11.8 Å². The molecule has 2 amide bonds. The van der Waals surface area contributed by atoms with E-state index in [1.807, 2.05) is 0 Å². The predicted octanol–water partition coefficient (Wildman–Crippen LogP) is 2.95. The summed E-state index contributed by atoms with van der Waals surface area (Å²) >= 11 is 0. The van der Waals surface area contributed by atoms with Crippen molar-refractivity contribution in [1.29, 1.82) is 0 Å².